The second kappa shape index (κ2) is 6.70. The number of phenols is 1. The van der Waals surface area contributed by atoms with Crippen molar-refractivity contribution < 1.29 is 10.0 Å². The van der Waals surface area contributed by atoms with Gasteiger partial charge in [-0.25, -0.2) is 0 Å². The number of nitro groups is 1. The maximum absolute atomic E-state index is 10.8. The fraction of sp³-hybridized carbons (Fsp3) is 0.188. The quantitative estimate of drug-likeness (QED) is 0.677. The maximum atomic E-state index is 10.8. The monoisotopic (exact) mass is 297 g/mol. The van der Waals surface area contributed by atoms with Crippen LogP contribution in [0.25, 0.3) is 0 Å². The zero-order chi connectivity index (χ0) is 16.1. The summed E-state index contributed by atoms with van der Waals surface area (Å²) >= 11 is 0. The van der Waals surface area contributed by atoms with Gasteiger partial charge in [0, 0.05) is 30.8 Å². The molecule has 6 heteroatoms. The van der Waals surface area contributed by atoms with Gasteiger partial charge in [0.15, 0.2) is 0 Å². The van der Waals surface area contributed by atoms with Crippen LogP contribution in [0.4, 0.5) is 5.69 Å². The van der Waals surface area contributed by atoms with Gasteiger partial charge in [0.25, 0.3) is 5.69 Å². The predicted octanol–water partition coefficient (Wildman–Crippen LogP) is 2.80. The molecule has 0 saturated heterocycles. The van der Waals surface area contributed by atoms with Gasteiger partial charge in [-0.3, -0.25) is 15.0 Å². The average molecular weight is 297 g/mol. The highest BCUT2D eigenvalue weighted by molar-refractivity contribution is 5.43. The minimum atomic E-state index is -0.483. The fourth-order valence-corrected chi connectivity index (χ4v) is 2.16. The molecule has 0 atom stereocenters. The molecule has 0 heterocycles. The molecule has 0 fully saturated rings. The van der Waals surface area contributed by atoms with Crippen molar-refractivity contribution in [2.75, 3.05) is 7.05 Å². The Labute approximate surface area is 128 Å². The van der Waals surface area contributed by atoms with E-state index in [9.17, 15) is 15.2 Å². The van der Waals surface area contributed by atoms with E-state index in [1.165, 1.54) is 18.2 Å². The summed E-state index contributed by atoms with van der Waals surface area (Å²) in [4.78, 5) is 12.2. The largest absolute Gasteiger partial charge is 0.508 e. The van der Waals surface area contributed by atoms with E-state index in [2.05, 4.69) is 6.07 Å². The highest BCUT2D eigenvalue weighted by atomic mass is 16.6. The third-order valence-corrected chi connectivity index (χ3v) is 3.25. The SMILES string of the molecule is CN(Cc1ccc(C#N)cc1)Cc1cc([N+](=O)[O-])ccc1O. The summed E-state index contributed by atoms with van der Waals surface area (Å²) in [5, 5.41) is 29.4. The summed E-state index contributed by atoms with van der Waals surface area (Å²) in [6.07, 6.45) is 0. The number of nitrogens with zero attached hydrogens (tertiary/aromatic N) is 3. The van der Waals surface area contributed by atoms with E-state index in [1.54, 1.807) is 12.1 Å². The first-order valence-corrected chi connectivity index (χ1v) is 6.63. The highest BCUT2D eigenvalue weighted by Gasteiger charge is 2.12. The van der Waals surface area contributed by atoms with E-state index < -0.39 is 4.92 Å². The van der Waals surface area contributed by atoms with Crippen LogP contribution in [-0.4, -0.2) is 22.0 Å². The Morgan fingerprint density at radius 2 is 1.91 bits per heavy atom. The first-order chi connectivity index (χ1) is 10.5. The number of nitro benzene ring substituents is 1. The van der Waals surface area contributed by atoms with Gasteiger partial charge in [0.05, 0.1) is 16.6 Å². The molecule has 0 aliphatic heterocycles. The molecule has 0 bridgehead atoms. The molecular weight excluding hydrogens is 282 g/mol. The summed E-state index contributed by atoms with van der Waals surface area (Å²) in [6, 6.07) is 13.3. The topological polar surface area (TPSA) is 90.4 Å². The third kappa shape index (κ3) is 3.81. The van der Waals surface area contributed by atoms with Crippen LogP contribution in [0.15, 0.2) is 42.5 Å². The zero-order valence-electron chi connectivity index (χ0n) is 12.1. The van der Waals surface area contributed by atoms with Crippen molar-refractivity contribution in [3.63, 3.8) is 0 Å². The Morgan fingerprint density at radius 1 is 1.23 bits per heavy atom. The van der Waals surface area contributed by atoms with E-state index in [0.717, 1.165) is 5.56 Å². The number of phenolic OH excluding ortho intramolecular Hbond substituents is 1. The van der Waals surface area contributed by atoms with Gasteiger partial charge >= 0.3 is 0 Å². The Morgan fingerprint density at radius 3 is 2.50 bits per heavy atom. The zero-order valence-corrected chi connectivity index (χ0v) is 12.1. The molecule has 0 aromatic heterocycles. The van der Waals surface area contributed by atoms with Crippen molar-refractivity contribution in [2.45, 2.75) is 13.1 Å². The number of nitriles is 1. The second-order valence-corrected chi connectivity index (χ2v) is 5.05. The molecule has 0 radical (unpaired) electrons. The van der Waals surface area contributed by atoms with E-state index in [4.69, 9.17) is 5.26 Å². The fourth-order valence-electron chi connectivity index (χ4n) is 2.16. The molecule has 0 aliphatic carbocycles. The molecule has 1 N–H and O–H groups in total. The summed E-state index contributed by atoms with van der Waals surface area (Å²) in [6.45, 7) is 0.987. The van der Waals surface area contributed by atoms with E-state index in [0.29, 0.717) is 24.2 Å². The van der Waals surface area contributed by atoms with Crippen LogP contribution >= 0.6 is 0 Å². The first kappa shape index (κ1) is 15.5. The van der Waals surface area contributed by atoms with Crippen LogP contribution < -0.4 is 0 Å². The van der Waals surface area contributed by atoms with Crippen molar-refractivity contribution in [2.24, 2.45) is 0 Å². The molecule has 0 amide bonds. The van der Waals surface area contributed by atoms with E-state index >= 15 is 0 Å². The number of benzene rings is 2. The standard InChI is InChI=1S/C16H15N3O3/c1-18(10-13-4-2-12(9-17)3-5-13)11-14-8-15(19(21)22)6-7-16(14)20/h2-8,20H,10-11H2,1H3. The summed E-state index contributed by atoms with van der Waals surface area (Å²) in [5.74, 6) is 0.0391. The lowest BCUT2D eigenvalue weighted by molar-refractivity contribution is -0.385. The summed E-state index contributed by atoms with van der Waals surface area (Å²) < 4.78 is 0. The Hall–Kier alpha value is -2.91. The van der Waals surface area contributed by atoms with Crippen LogP contribution in [0.2, 0.25) is 0 Å². The normalized spacial score (nSPS) is 10.4. The predicted molar refractivity (Wildman–Crippen MR) is 81.1 cm³/mol. The molecule has 22 heavy (non-hydrogen) atoms. The van der Waals surface area contributed by atoms with Crippen LogP contribution in [0.1, 0.15) is 16.7 Å². The molecule has 0 aliphatic rings. The van der Waals surface area contributed by atoms with Crippen LogP contribution in [-0.2, 0) is 13.1 Å². The van der Waals surface area contributed by atoms with Crippen molar-refractivity contribution in [3.05, 3.63) is 69.3 Å². The van der Waals surface area contributed by atoms with Crippen molar-refractivity contribution in [1.29, 1.82) is 5.26 Å². The van der Waals surface area contributed by atoms with Gasteiger partial charge in [0.2, 0.25) is 0 Å². The lowest BCUT2D eigenvalue weighted by atomic mass is 10.1. The van der Waals surface area contributed by atoms with E-state index in [-0.39, 0.29) is 11.4 Å². The van der Waals surface area contributed by atoms with Crippen molar-refractivity contribution >= 4 is 5.69 Å². The molecular formula is C16H15N3O3. The molecule has 6 nitrogen and oxygen atoms in total. The lowest BCUT2D eigenvalue weighted by Crippen LogP contribution is -2.17. The average Bonchev–Trinajstić information content (AvgIpc) is 2.50. The molecule has 2 aromatic carbocycles. The number of hydrogen-bond donors (Lipinski definition) is 1. The number of aromatic hydroxyl groups is 1. The Bertz CT molecular complexity index is 720. The third-order valence-electron chi connectivity index (χ3n) is 3.25. The smallest absolute Gasteiger partial charge is 0.270 e. The number of rotatable bonds is 5. The minimum Gasteiger partial charge on any atom is -0.508 e. The van der Waals surface area contributed by atoms with Gasteiger partial charge < -0.3 is 5.11 Å². The molecule has 112 valence electrons. The van der Waals surface area contributed by atoms with Gasteiger partial charge in [-0.1, -0.05) is 12.1 Å². The van der Waals surface area contributed by atoms with Crippen LogP contribution in [0.3, 0.4) is 0 Å². The molecule has 0 spiro atoms. The van der Waals surface area contributed by atoms with Crippen molar-refractivity contribution in [1.82, 2.24) is 4.90 Å². The summed E-state index contributed by atoms with van der Waals surface area (Å²) in [7, 11) is 1.86. The van der Waals surface area contributed by atoms with Gasteiger partial charge in [0.1, 0.15) is 5.75 Å². The van der Waals surface area contributed by atoms with Crippen LogP contribution in [0.5, 0.6) is 5.75 Å². The van der Waals surface area contributed by atoms with Gasteiger partial charge in [-0.05, 0) is 30.8 Å². The Balaban J connectivity index is 2.08. The lowest BCUT2D eigenvalue weighted by Gasteiger charge is -2.17. The number of hydrogen-bond acceptors (Lipinski definition) is 5. The second-order valence-electron chi connectivity index (χ2n) is 5.05. The Kier molecular flexibility index (Phi) is 4.71. The molecule has 2 rings (SSSR count). The van der Waals surface area contributed by atoms with Gasteiger partial charge in [-0.15, -0.1) is 0 Å². The maximum Gasteiger partial charge on any atom is 0.270 e. The first-order valence-electron chi connectivity index (χ1n) is 6.63. The van der Waals surface area contributed by atoms with Crippen LogP contribution in [0, 0.1) is 21.4 Å². The van der Waals surface area contributed by atoms with Gasteiger partial charge in [-0.2, -0.15) is 5.26 Å². The van der Waals surface area contributed by atoms with Crippen molar-refractivity contribution in [3.8, 4) is 11.8 Å². The molecule has 0 saturated carbocycles. The molecule has 2 aromatic rings. The number of non-ortho nitro benzene ring substituents is 1. The minimum absolute atomic E-state index is 0.0391. The molecule has 0 unspecified atom stereocenters. The highest BCUT2D eigenvalue weighted by Crippen LogP contribution is 2.24. The summed E-state index contributed by atoms with van der Waals surface area (Å²) in [5.41, 5.74) is 2.08. The van der Waals surface area contributed by atoms with E-state index in [1.807, 2.05) is 24.1 Å².